The topological polar surface area (TPSA) is 37.8 Å². The first-order valence-electron chi connectivity index (χ1n) is 7.64. The third-order valence-corrected chi connectivity index (χ3v) is 3.56. The summed E-state index contributed by atoms with van der Waals surface area (Å²) in [6.45, 7) is 11.5. The van der Waals surface area contributed by atoms with Gasteiger partial charge >= 0.3 is 0 Å². The van der Waals surface area contributed by atoms with E-state index in [-0.39, 0.29) is 0 Å². The zero-order valence-electron chi connectivity index (χ0n) is 13.6. The molecule has 1 aromatic carbocycles. The Kier molecular flexibility index (Phi) is 4.94. The Labute approximate surface area is 127 Å². The minimum Gasteiger partial charge on any atom is -0.350 e. The van der Waals surface area contributed by atoms with Gasteiger partial charge in [-0.1, -0.05) is 52.0 Å². The maximum absolute atomic E-state index is 4.57. The van der Waals surface area contributed by atoms with Gasteiger partial charge in [-0.05, 0) is 36.0 Å². The quantitative estimate of drug-likeness (QED) is 0.868. The van der Waals surface area contributed by atoms with Crippen LogP contribution in [0.1, 0.15) is 62.0 Å². The average molecular weight is 283 g/mol. The van der Waals surface area contributed by atoms with Crippen LogP contribution < -0.4 is 5.32 Å². The minimum atomic E-state index is 0.414. The number of aromatic nitrogens is 2. The highest BCUT2D eigenvalue weighted by Gasteiger charge is 2.06. The molecule has 0 saturated carbocycles. The van der Waals surface area contributed by atoms with Crippen LogP contribution >= 0.6 is 0 Å². The third-order valence-electron chi connectivity index (χ3n) is 3.56. The Morgan fingerprint density at radius 1 is 0.952 bits per heavy atom. The van der Waals surface area contributed by atoms with Crippen molar-refractivity contribution in [2.75, 3.05) is 5.32 Å². The van der Waals surface area contributed by atoms with Crippen molar-refractivity contribution < 1.29 is 0 Å². The fourth-order valence-electron chi connectivity index (χ4n) is 2.17. The molecule has 21 heavy (non-hydrogen) atoms. The number of rotatable bonds is 5. The Bertz CT molecular complexity index is 586. The summed E-state index contributed by atoms with van der Waals surface area (Å²) in [6.07, 6.45) is 0. The second-order valence-corrected chi connectivity index (χ2v) is 6.16. The lowest BCUT2D eigenvalue weighted by Gasteiger charge is -2.11. The lowest BCUT2D eigenvalue weighted by atomic mass is 10.0. The lowest BCUT2D eigenvalue weighted by Crippen LogP contribution is -2.07. The van der Waals surface area contributed by atoms with Gasteiger partial charge in [0.1, 0.15) is 0 Å². The molecule has 0 aliphatic carbocycles. The summed E-state index contributed by atoms with van der Waals surface area (Å²) in [7, 11) is 0. The standard InChI is InChI=1S/C18H25N3/c1-12(2)16-8-6-15(7-9-16)11-19-18-20-14(5)10-17(21-18)13(3)4/h6-10,12-13H,11H2,1-5H3,(H,19,20,21). The zero-order valence-corrected chi connectivity index (χ0v) is 13.6. The maximum Gasteiger partial charge on any atom is 0.223 e. The summed E-state index contributed by atoms with van der Waals surface area (Å²) in [5, 5.41) is 3.32. The molecule has 0 radical (unpaired) electrons. The van der Waals surface area contributed by atoms with Crippen molar-refractivity contribution in [2.24, 2.45) is 0 Å². The molecule has 1 N–H and O–H groups in total. The summed E-state index contributed by atoms with van der Waals surface area (Å²) >= 11 is 0. The first-order chi connectivity index (χ1) is 9.95. The SMILES string of the molecule is Cc1cc(C(C)C)nc(NCc2ccc(C(C)C)cc2)n1. The van der Waals surface area contributed by atoms with Crippen molar-refractivity contribution in [2.45, 2.75) is 53.0 Å². The molecule has 0 fully saturated rings. The van der Waals surface area contributed by atoms with Crippen molar-refractivity contribution in [3.8, 4) is 0 Å². The van der Waals surface area contributed by atoms with E-state index in [0.717, 1.165) is 17.9 Å². The molecule has 2 rings (SSSR count). The van der Waals surface area contributed by atoms with E-state index in [1.54, 1.807) is 0 Å². The van der Waals surface area contributed by atoms with Crippen LogP contribution in [-0.4, -0.2) is 9.97 Å². The van der Waals surface area contributed by atoms with Crippen LogP contribution in [0.15, 0.2) is 30.3 Å². The molecular weight excluding hydrogens is 258 g/mol. The van der Waals surface area contributed by atoms with Crippen molar-refractivity contribution in [3.63, 3.8) is 0 Å². The van der Waals surface area contributed by atoms with Crippen LogP contribution in [0.3, 0.4) is 0 Å². The Hall–Kier alpha value is -1.90. The average Bonchev–Trinajstić information content (AvgIpc) is 2.45. The van der Waals surface area contributed by atoms with E-state index in [1.807, 2.05) is 13.0 Å². The van der Waals surface area contributed by atoms with E-state index in [2.05, 4.69) is 67.2 Å². The Balaban J connectivity index is 2.05. The fraction of sp³-hybridized carbons (Fsp3) is 0.444. The summed E-state index contributed by atoms with van der Waals surface area (Å²) in [6, 6.07) is 10.8. The highest BCUT2D eigenvalue weighted by molar-refractivity contribution is 5.32. The first-order valence-corrected chi connectivity index (χ1v) is 7.64. The van der Waals surface area contributed by atoms with E-state index in [4.69, 9.17) is 0 Å². The highest BCUT2D eigenvalue weighted by Crippen LogP contribution is 2.17. The molecule has 1 aromatic heterocycles. The number of benzene rings is 1. The molecule has 2 aromatic rings. The van der Waals surface area contributed by atoms with Crippen LogP contribution in [-0.2, 0) is 6.54 Å². The molecule has 0 atom stereocenters. The molecule has 0 bridgehead atoms. The van der Waals surface area contributed by atoms with Gasteiger partial charge < -0.3 is 5.32 Å². The molecule has 1 heterocycles. The van der Waals surface area contributed by atoms with Gasteiger partial charge in [0.25, 0.3) is 0 Å². The van der Waals surface area contributed by atoms with Gasteiger partial charge in [0.15, 0.2) is 0 Å². The largest absolute Gasteiger partial charge is 0.350 e. The highest BCUT2D eigenvalue weighted by atomic mass is 15.1. The van der Waals surface area contributed by atoms with Gasteiger partial charge in [-0.3, -0.25) is 0 Å². The summed E-state index contributed by atoms with van der Waals surface area (Å²) in [4.78, 5) is 9.03. The second-order valence-electron chi connectivity index (χ2n) is 6.16. The van der Waals surface area contributed by atoms with E-state index < -0.39 is 0 Å². The van der Waals surface area contributed by atoms with Gasteiger partial charge in [-0.2, -0.15) is 0 Å². The molecule has 3 heteroatoms. The van der Waals surface area contributed by atoms with Gasteiger partial charge in [-0.25, -0.2) is 9.97 Å². The van der Waals surface area contributed by atoms with Crippen molar-refractivity contribution in [1.82, 2.24) is 9.97 Å². The Morgan fingerprint density at radius 2 is 1.62 bits per heavy atom. The molecule has 0 aliphatic rings. The van der Waals surface area contributed by atoms with Crippen LogP contribution in [0, 0.1) is 6.92 Å². The first kappa shape index (κ1) is 15.5. The molecule has 0 amide bonds. The maximum atomic E-state index is 4.57. The molecule has 112 valence electrons. The third kappa shape index (κ3) is 4.28. The molecule has 0 unspecified atom stereocenters. The number of aryl methyl sites for hydroxylation is 1. The molecule has 0 spiro atoms. The van der Waals surface area contributed by atoms with E-state index in [9.17, 15) is 0 Å². The predicted octanol–water partition coefficient (Wildman–Crippen LogP) is 4.64. The number of hydrogen-bond acceptors (Lipinski definition) is 3. The zero-order chi connectivity index (χ0) is 15.4. The minimum absolute atomic E-state index is 0.414. The van der Waals surface area contributed by atoms with Gasteiger partial charge in [0, 0.05) is 17.9 Å². The van der Waals surface area contributed by atoms with Crippen molar-refractivity contribution >= 4 is 5.95 Å². The summed E-state index contributed by atoms with van der Waals surface area (Å²) in [5.41, 5.74) is 4.70. The lowest BCUT2D eigenvalue weighted by molar-refractivity contribution is 0.808. The van der Waals surface area contributed by atoms with Crippen molar-refractivity contribution in [3.05, 3.63) is 52.8 Å². The molecule has 3 nitrogen and oxygen atoms in total. The van der Waals surface area contributed by atoms with Crippen LogP contribution in [0.2, 0.25) is 0 Å². The number of nitrogens with one attached hydrogen (secondary N) is 1. The van der Waals surface area contributed by atoms with Gasteiger partial charge in [0.05, 0.1) is 0 Å². The molecular formula is C18H25N3. The van der Waals surface area contributed by atoms with Gasteiger partial charge in [0.2, 0.25) is 5.95 Å². The number of nitrogens with zero attached hydrogens (tertiary/aromatic N) is 2. The van der Waals surface area contributed by atoms with Crippen LogP contribution in [0.4, 0.5) is 5.95 Å². The van der Waals surface area contributed by atoms with E-state index >= 15 is 0 Å². The Morgan fingerprint density at radius 3 is 2.19 bits per heavy atom. The van der Waals surface area contributed by atoms with Crippen molar-refractivity contribution in [1.29, 1.82) is 0 Å². The van der Waals surface area contributed by atoms with Gasteiger partial charge in [-0.15, -0.1) is 0 Å². The second kappa shape index (κ2) is 6.70. The van der Waals surface area contributed by atoms with E-state index in [0.29, 0.717) is 17.8 Å². The summed E-state index contributed by atoms with van der Waals surface area (Å²) < 4.78 is 0. The normalized spacial score (nSPS) is 11.2. The van der Waals surface area contributed by atoms with Crippen LogP contribution in [0.5, 0.6) is 0 Å². The number of anilines is 1. The summed E-state index contributed by atoms with van der Waals surface area (Å²) in [5.74, 6) is 1.70. The fourth-order valence-corrected chi connectivity index (χ4v) is 2.17. The predicted molar refractivity (Wildman–Crippen MR) is 88.7 cm³/mol. The smallest absolute Gasteiger partial charge is 0.223 e. The molecule has 0 aliphatic heterocycles. The number of hydrogen-bond donors (Lipinski definition) is 1. The van der Waals surface area contributed by atoms with E-state index in [1.165, 1.54) is 11.1 Å². The molecule has 0 saturated heterocycles. The monoisotopic (exact) mass is 283 g/mol. The van der Waals surface area contributed by atoms with Crippen LogP contribution in [0.25, 0.3) is 0 Å².